The number of aliphatic carboxylic acids is 2. The average molecular weight is 495 g/mol. The van der Waals surface area contributed by atoms with Crippen molar-refractivity contribution in [2.45, 2.75) is 25.3 Å². The first-order valence-corrected chi connectivity index (χ1v) is 8.79. The number of nitrogens with one attached hydrogen (secondary N) is 3. The number of nitrogens with two attached hydrogens (primary N) is 2. The number of pyridine rings is 1. The summed E-state index contributed by atoms with van der Waals surface area (Å²) in [5, 5.41) is 25.6. The minimum absolute atomic E-state index is 0. The Hall–Kier alpha value is -2.56. The number of nitrogens with zero attached hydrogens (tertiary/aromatic N) is 2. The molecule has 0 aromatic carbocycles. The zero-order valence-electron chi connectivity index (χ0n) is 18.1. The Bertz CT molecular complexity index is 1150. The third-order valence-corrected chi connectivity index (χ3v) is 3.97. The van der Waals surface area contributed by atoms with Crippen LogP contribution in [-0.4, -0.2) is 44.7 Å². The molecule has 170 valence electrons. The van der Waals surface area contributed by atoms with Gasteiger partial charge in [0, 0.05) is 12.0 Å². The van der Waals surface area contributed by atoms with Gasteiger partial charge in [0.1, 0.15) is 5.82 Å². The first kappa shape index (κ1) is 31.4. The van der Waals surface area contributed by atoms with Gasteiger partial charge in [-0.2, -0.15) is 4.98 Å². The van der Waals surface area contributed by atoms with Crippen LogP contribution in [0.1, 0.15) is 28.9 Å². The van der Waals surface area contributed by atoms with Gasteiger partial charge in [-0.25, -0.2) is 9.37 Å². The number of carboxylic acids is 2. The van der Waals surface area contributed by atoms with Gasteiger partial charge in [-0.15, -0.1) is 0 Å². The number of amides is 2. The first-order valence-electron chi connectivity index (χ1n) is 8.79. The number of aromatic amines is 1. The molecule has 2 heterocycles. The predicted octanol–water partition coefficient (Wildman–Crippen LogP) is -9.96. The van der Waals surface area contributed by atoms with Crippen molar-refractivity contribution in [1.29, 1.82) is 0 Å². The fraction of sp³-hybridized carbons (Fsp3) is 0.235. The van der Waals surface area contributed by atoms with Crippen molar-refractivity contribution in [2.75, 3.05) is 16.8 Å². The molecule has 34 heavy (non-hydrogen) atoms. The van der Waals surface area contributed by atoms with E-state index in [0.29, 0.717) is 0 Å². The fourth-order valence-corrected chi connectivity index (χ4v) is 2.48. The van der Waals surface area contributed by atoms with E-state index < -0.39 is 66.1 Å². The maximum Gasteiger partial charge on any atom is 1.00 e. The van der Waals surface area contributed by atoms with Crippen molar-refractivity contribution in [2.24, 2.45) is 0 Å². The van der Waals surface area contributed by atoms with Gasteiger partial charge in [0.05, 0.1) is 35.9 Å². The molecule has 2 aromatic rings. The van der Waals surface area contributed by atoms with Crippen LogP contribution in [0.4, 0.5) is 21.8 Å². The molecule has 0 spiro atoms. The molecule has 0 fully saturated rings. The standard InChI is InChI=1S/C17H18FN7O7.2Na/c18-8-3-6(22-10(26)4-7-13(19)24-17(20)25-14(7)29)5-21-12(8)15(30)23-9(16(31)32)1-2-11(27)28;;/h3,5,9H,1-2,4H2,(H,22,26)(H,23,30)(H,27,28)(H,31,32)(H5,19,20,24,25,29);;/q;2*+1/p-2/t9-;;/m0../s1. The molecule has 0 aliphatic carbocycles. The Morgan fingerprint density at radius 1 is 1.18 bits per heavy atom. The summed E-state index contributed by atoms with van der Waals surface area (Å²) in [7, 11) is 0. The minimum atomic E-state index is -1.78. The summed E-state index contributed by atoms with van der Waals surface area (Å²) in [6.07, 6.45) is -0.852. The molecule has 0 unspecified atom stereocenters. The molecule has 0 aliphatic heterocycles. The second kappa shape index (κ2) is 14.0. The van der Waals surface area contributed by atoms with Crippen LogP contribution in [0.15, 0.2) is 17.1 Å². The SMILES string of the molecule is Nc1nc(N)c(CC(=O)Nc2cnc(C(=O)N[C@@H](CCC(=O)[O-])C(=O)[O-])c(F)c2)c(=O)[nH]1.[Na+].[Na+]. The van der Waals surface area contributed by atoms with Crippen LogP contribution in [0.25, 0.3) is 0 Å². The van der Waals surface area contributed by atoms with E-state index in [1.165, 1.54) is 0 Å². The smallest absolute Gasteiger partial charge is 0.550 e. The molecule has 0 saturated heterocycles. The van der Waals surface area contributed by atoms with Crippen LogP contribution in [0.3, 0.4) is 0 Å². The molecule has 17 heteroatoms. The molecular weight excluding hydrogens is 479 g/mol. The molecule has 0 bridgehead atoms. The summed E-state index contributed by atoms with van der Waals surface area (Å²) in [5.74, 6) is -7.09. The van der Waals surface area contributed by atoms with Crippen LogP contribution >= 0.6 is 0 Å². The van der Waals surface area contributed by atoms with E-state index >= 15 is 0 Å². The van der Waals surface area contributed by atoms with Crippen LogP contribution in [0, 0.1) is 5.82 Å². The maximum atomic E-state index is 14.3. The predicted molar refractivity (Wildman–Crippen MR) is 101 cm³/mol. The van der Waals surface area contributed by atoms with E-state index in [1.807, 2.05) is 5.32 Å². The second-order valence-corrected chi connectivity index (χ2v) is 6.35. The molecule has 1 atom stereocenters. The molecule has 2 aromatic heterocycles. The van der Waals surface area contributed by atoms with Crippen LogP contribution in [-0.2, 0) is 20.8 Å². The number of aromatic nitrogens is 3. The van der Waals surface area contributed by atoms with Gasteiger partial charge in [0.15, 0.2) is 11.5 Å². The van der Waals surface area contributed by atoms with Gasteiger partial charge in [-0.1, -0.05) is 0 Å². The van der Waals surface area contributed by atoms with E-state index in [9.17, 15) is 38.6 Å². The number of carboxylic acid groups (broad SMARTS) is 2. The van der Waals surface area contributed by atoms with E-state index in [1.54, 1.807) is 0 Å². The van der Waals surface area contributed by atoms with Gasteiger partial charge in [-0.05, 0) is 12.8 Å². The Morgan fingerprint density at radius 2 is 1.82 bits per heavy atom. The Kier molecular flexibility index (Phi) is 12.9. The molecule has 14 nitrogen and oxygen atoms in total. The van der Waals surface area contributed by atoms with E-state index in [2.05, 4.69) is 20.3 Å². The third kappa shape index (κ3) is 9.00. The second-order valence-electron chi connectivity index (χ2n) is 6.35. The average Bonchev–Trinajstić information content (AvgIpc) is 2.67. The van der Waals surface area contributed by atoms with Crippen LogP contribution < -0.4 is 97.0 Å². The molecule has 2 rings (SSSR count). The molecule has 0 radical (unpaired) electrons. The Morgan fingerprint density at radius 3 is 2.35 bits per heavy atom. The topological polar surface area (TPSA) is 249 Å². The number of carbonyl (C=O) groups excluding carboxylic acids is 4. The Balaban J connectivity index is 0.00000544. The fourth-order valence-electron chi connectivity index (χ4n) is 2.48. The minimum Gasteiger partial charge on any atom is -0.550 e. The van der Waals surface area contributed by atoms with Gasteiger partial charge in [0.25, 0.3) is 11.5 Å². The molecule has 0 aliphatic rings. The van der Waals surface area contributed by atoms with Gasteiger partial charge < -0.3 is 41.9 Å². The van der Waals surface area contributed by atoms with Crippen LogP contribution in [0.5, 0.6) is 0 Å². The van der Waals surface area contributed by atoms with Gasteiger partial charge >= 0.3 is 59.1 Å². The van der Waals surface area contributed by atoms with Crippen LogP contribution in [0.2, 0.25) is 0 Å². The molecule has 7 N–H and O–H groups in total. The van der Waals surface area contributed by atoms with Crippen molar-refractivity contribution >= 4 is 41.2 Å². The van der Waals surface area contributed by atoms with Gasteiger partial charge in [-0.3, -0.25) is 19.4 Å². The summed E-state index contributed by atoms with van der Waals surface area (Å²) < 4.78 is 14.3. The number of hydrogen-bond donors (Lipinski definition) is 5. The number of carbonyl (C=O) groups is 4. The van der Waals surface area contributed by atoms with Gasteiger partial charge in [0.2, 0.25) is 11.9 Å². The Labute approximate surface area is 234 Å². The molecule has 0 saturated carbocycles. The number of H-pyrrole nitrogens is 1. The summed E-state index contributed by atoms with van der Waals surface area (Å²) in [6.45, 7) is 0. The van der Waals surface area contributed by atoms with E-state index in [4.69, 9.17) is 11.5 Å². The van der Waals surface area contributed by atoms with Crippen molar-refractivity contribution < 1.29 is 92.9 Å². The largest absolute Gasteiger partial charge is 1.00 e. The maximum absolute atomic E-state index is 14.3. The number of hydrogen-bond acceptors (Lipinski definition) is 11. The summed E-state index contributed by atoms with van der Waals surface area (Å²) >= 11 is 0. The molecular formula is C17H16FN7Na2O7. The number of anilines is 3. The zero-order valence-corrected chi connectivity index (χ0v) is 22.1. The van der Waals surface area contributed by atoms with Crippen molar-refractivity contribution in [3.63, 3.8) is 0 Å². The van der Waals surface area contributed by atoms with Crippen molar-refractivity contribution in [3.05, 3.63) is 39.7 Å². The zero-order chi connectivity index (χ0) is 24.0. The monoisotopic (exact) mass is 495 g/mol. The van der Waals surface area contributed by atoms with E-state index in [-0.39, 0.29) is 82.1 Å². The number of nitrogen functional groups attached to an aromatic ring is 2. The first-order chi connectivity index (χ1) is 15.0. The number of halogens is 1. The third-order valence-electron chi connectivity index (χ3n) is 3.97. The van der Waals surface area contributed by atoms with Crippen molar-refractivity contribution in [1.82, 2.24) is 20.3 Å². The summed E-state index contributed by atoms with van der Waals surface area (Å²) in [5.41, 5.74) is 8.96. The van der Waals surface area contributed by atoms with E-state index in [0.717, 1.165) is 12.3 Å². The number of rotatable bonds is 9. The molecule has 2 amide bonds. The summed E-state index contributed by atoms with van der Waals surface area (Å²) in [4.78, 5) is 66.8. The quantitative estimate of drug-likeness (QED) is 0.204. The summed E-state index contributed by atoms with van der Waals surface area (Å²) in [6, 6.07) is -0.998. The normalized spacial score (nSPS) is 10.7. The van der Waals surface area contributed by atoms with Crippen molar-refractivity contribution in [3.8, 4) is 0 Å².